The summed E-state index contributed by atoms with van der Waals surface area (Å²) in [5, 5.41) is 2.93. The van der Waals surface area contributed by atoms with Crippen molar-refractivity contribution in [2.45, 2.75) is 6.04 Å². The van der Waals surface area contributed by atoms with E-state index >= 15 is 0 Å². The molecule has 134 valence electrons. The van der Waals surface area contributed by atoms with E-state index in [2.05, 4.69) is 10.3 Å². The lowest BCUT2D eigenvalue weighted by Crippen LogP contribution is -2.35. The maximum Gasteiger partial charge on any atom is 0.269 e. The molecule has 3 aromatic rings. The van der Waals surface area contributed by atoms with E-state index in [4.69, 9.17) is 0 Å². The maximum absolute atomic E-state index is 13.5. The summed E-state index contributed by atoms with van der Waals surface area (Å²) in [7, 11) is 3.80. The van der Waals surface area contributed by atoms with Crippen LogP contribution in [0.4, 0.5) is 4.39 Å². The molecule has 1 N–H and O–H groups in total. The van der Waals surface area contributed by atoms with Crippen molar-refractivity contribution < 1.29 is 9.18 Å². The zero-order valence-corrected chi connectivity index (χ0v) is 14.8. The molecule has 0 fully saturated rings. The van der Waals surface area contributed by atoms with Gasteiger partial charge in [-0.1, -0.05) is 30.3 Å². The van der Waals surface area contributed by atoms with Gasteiger partial charge in [-0.3, -0.25) is 9.36 Å². The molecule has 0 spiro atoms. The smallest absolute Gasteiger partial charge is 0.269 e. The molecule has 0 saturated carbocycles. The van der Waals surface area contributed by atoms with Crippen molar-refractivity contribution in [3.8, 4) is 5.69 Å². The second-order valence-corrected chi connectivity index (χ2v) is 6.23. The number of hydrogen-bond acceptors (Lipinski definition) is 3. The monoisotopic (exact) mass is 352 g/mol. The van der Waals surface area contributed by atoms with Crippen LogP contribution in [0.2, 0.25) is 0 Å². The van der Waals surface area contributed by atoms with Gasteiger partial charge in [0, 0.05) is 12.2 Å². The van der Waals surface area contributed by atoms with E-state index < -0.39 is 0 Å². The molecule has 1 heterocycles. The van der Waals surface area contributed by atoms with E-state index in [-0.39, 0.29) is 17.8 Å². The summed E-state index contributed by atoms with van der Waals surface area (Å²) >= 11 is 0. The predicted molar refractivity (Wildman–Crippen MR) is 98.7 cm³/mol. The molecule has 1 atom stereocenters. The van der Waals surface area contributed by atoms with Crippen LogP contribution in [0, 0.1) is 5.82 Å². The Hall–Kier alpha value is -2.99. The third-order valence-electron chi connectivity index (χ3n) is 4.22. The molecule has 0 aliphatic carbocycles. The van der Waals surface area contributed by atoms with Gasteiger partial charge < -0.3 is 10.2 Å². The fourth-order valence-electron chi connectivity index (χ4n) is 2.85. The average Bonchev–Trinajstić information content (AvgIpc) is 3.12. The second-order valence-electron chi connectivity index (χ2n) is 6.23. The maximum atomic E-state index is 13.5. The Bertz CT molecular complexity index is 876. The third-order valence-corrected chi connectivity index (χ3v) is 4.22. The van der Waals surface area contributed by atoms with Crippen molar-refractivity contribution in [1.82, 2.24) is 19.8 Å². The van der Waals surface area contributed by atoms with Gasteiger partial charge >= 0.3 is 0 Å². The Morgan fingerprint density at radius 1 is 1.19 bits per heavy atom. The van der Waals surface area contributed by atoms with Crippen LogP contribution in [0.15, 0.2) is 67.1 Å². The van der Waals surface area contributed by atoms with Crippen molar-refractivity contribution in [1.29, 1.82) is 0 Å². The molecule has 2 aromatic carbocycles. The largest absolute Gasteiger partial charge is 0.349 e. The van der Waals surface area contributed by atoms with E-state index in [9.17, 15) is 9.18 Å². The average molecular weight is 352 g/mol. The van der Waals surface area contributed by atoms with E-state index in [0.29, 0.717) is 12.2 Å². The van der Waals surface area contributed by atoms with E-state index in [1.54, 1.807) is 17.0 Å². The second kappa shape index (κ2) is 7.93. The molecule has 0 saturated heterocycles. The van der Waals surface area contributed by atoms with Crippen LogP contribution >= 0.6 is 0 Å². The van der Waals surface area contributed by atoms with Gasteiger partial charge in [-0.25, -0.2) is 9.37 Å². The minimum atomic E-state index is -0.289. The van der Waals surface area contributed by atoms with Gasteiger partial charge in [0.15, 0.2) is 0 Å². The summed E-state index contributed by atoms with van der Waals surface area (Å²) in [6.07, 6.45) is 3.15. The standard InChI is InChI=1S/C20H21FN4O/c1-24(2)18(15-7-6-8-16(21)11-15)13-23-20(26)19-12-22-14-25(19)17-9-4-3-5-10-17/h3-12,14,18H,13H2,1-2H3,(H,23,26)/t18-/m1/s1. The van der Waals surface area contributed by atoms with Crippen LogP contribution in [0.25, 0.3) is 5.69 Å². The summed E-state index contributed by atoms with van der Waals surface area (Å²) in [5.74, 6) is -0.516. The first-order valence-corrected chi connectivity index (χ1v) is 8.34. The quantitative estimate of drug-likeness (QED) is 0.742. The van der Waals surface area contributed by atoms with Crippen molar-refractivity contribution in [3.05, 3.63) is 84.2 Å². The number of benzene rings is 2. The van der Waals surface area contributed by atoms with E-state index in [0.717, 1.165) is 11.3 Å². The van der Waals surface area contributed by atoms with Gasteiger partial charge in [0.1, 0.15) is 11.5 Å². The van der Waals surface area contributed by atoms with Crippen LogP contribution in [0.5, 0.6) is 0 Å². The lowest BCUT2D eigenvalue weighted by molar-refractivity contribution is 0.0935. The zero-order chi connectivity index (χ0) is 18.5. The molecule has 3 rings (SSSR count). The van der Waals surface area contributed by atoms with Gasteiger partial charge in [-0.15, -0.1) is 0 Å². The highest BCUT2D eigenvalue weighted by atomic mass is 19.1. The number of para-hydroxylation sites is 1. The summed E-state index contributed by atoms with van der Waals surface area (Å²) in [6.45, 7) is 0.356. The van der Waals surface area contributed by atoms with Crippen LogP contribution < -0.4 is 5.32 Å². The highest BCUT2D eigenvalue weighted by molar-refractivity contribution is 5.93. The van der Waals surface area contributed by atoms with Crippen molar-refractivity contribution >= 4 is 5.91 Å². The molecule has 6 heteroatoms. The first-order chi connectivity index (χ1) is 12.6. The molecular weight excluding hydrogens is 331 g/mol. The number of rotatable bonds is 6. The van der Waals surface area contributed by atoms with Gasteiger partial charge in [0.25, 0.3) is 5.91 Å². The molecule has 0 aliphatic rings. The number of nitrogens with zero attached hydrogens (tertiary/aromatic N) is 3. The minimum absolute atomic E-state index is 0.136. The van der Waals surface area contributed by atoms with Crippen LogP contribution in [-0.2, 0) is 0 Å². The fourth-order valence-corrected chi connectivity index (χ4v) is 2.85. The molecule has 1 aromatic heterocycles. The molecule has 0 unspecified atom stereocenters. The Morgan fingerprint density at radius 3 is 2.65 bits per heavy atom. The van der Waals surface area contributed by atoms with Gasteiger partial charge in [-0.05, 0) is 43.9 Å². The number of amides is 1. The molecular formula is C20H21FN4O. The molecule has 5 nitrogen and oxygen atoms in total. The molecule has 0 radical (unpaired) electrons. The summed E-state index contributed by atoms with van der Waals surface area (Å²) in [4.78, 5) is 18.7. The number of hydrogen-bond donors (Lipinski definition) is 1. The molecule has 0 bridgehead atoms. The Labute approximate surface area is 152 Å². The summed E-state index contributed by atoms with van der Waals surface area (Å²) in [5.41, 5.74) is 2.13. The normalized spacial score (nSPS) is 12.2. The number of nitrogens with one attached hydrogen (secondary N) is 1. The van der Waals surface area contributed by atoms with Gasteiger partial charge in [0.05, 0.1) is 18.6 Å². The number of aromatic nitrogens is 2. The van der Waals surface area contributed by atoms with Crippen molar-refractivity contribution in [3.63, 3.8) is 0 Å². The van der Waals surface area contributed by atoms with Crippen LogP contribution in [-0.4, -0.2) is 41.0 Å². The highest BCUT2D eigenvalue weighted by Crippen LogP contribution is 2.18. The van der Waals surface area contributed by atoms with E-state index in [1.807, 2.05) is 55.4 Å². The Kier molecular flexibility index (Phi) is 5.43. The predicted octanol–water partition coefficient (Wildman–Crippen LogP) is 3.04. The Morgan fingerprint density at radius 2 is 1.96 bits per heavy atom. The van der Waals surface area contributed by atoms with Gasteiger partial charge in [-0.2, -0.15) is 0 Å². The number of likely N-dealkylation sites (N-methyl/N-ethyl adjacent to an activating group) is 1. The van der Waals surface area contributed by atoms with Gasteiger partial charge in [0.2, 0.25) is 0 Å². The summed E-state index contributed by atoms with van der Waals surface area (Å²) in [6, 6.07) is 15.8. The first kappa shape index (κ1) is 17.8. The first-order valence-electron chi connectivity index (χ1n) is 8.34. The number of carbonyl (C=O) groups excluding carboxylic acids is 1. The molecule has 26 heavy (non-hydrogen) atoms. The molecule has 1 amide bonds. The Balaban J connectivity index is 1.75. The number of carbonyl (C=O) groups is 1. The minimum Gasteiger partial charge on any atom is -0.349 e. The van der Waals surface area contributed by atoms with Crippen LogP contribution in [0.3, 0.4) is 0 Å². The zero-order valence-electron chi connectivity index (χ0n) is 14.8. The SMILES string of the molecule is CN(C)[C@H](CNC(=O)c1cncn1-c1ccccc1)c1cccc(F)c1. The van der Waals surface area contributed by atoms with Crippen molar-refractivity contribution in [2.24, 2.45) is 0 Å². The number of halogens is 1. The lowest BCUT2D eigenvalue weighted by Gasteiger charge is -2.25. The highest BCUT2D eigenvalue weighted by Gasteiger charge is 2.18. The molecule has 0 aliphatic heterocycles. The lowest BCUT2D eigenvalue weighted by atomic mass is 10.1. The topological polar surface area (TPSA) is 50.2 Å². The fraction of sp³-hybridized carbons (Fsp3) is 0.200. The summed E-state index contributed by atoms with van der Waals surface area (Å²) < 4.78 is 15.3. The van der Waals surface area contributed by atoms with E-state index in [1.165, 1.54) is 18.3 Å². The van der Waals surface area contributed by atoms with Crippen molar-refractivity contribution in [2.75, 3.05) is 20.6 Å². The van der Waals surface area contributed by atoms with Crippen LogP contribution in [0.1, 0.15) is 22.1 Å². The number of imidazole rings is 1. The third kappa shape index (κ3) is 3.97.